The van der Waals surface area contributed by atoms with Gasteiger partial charge in [0.2, 0.25) is 0 Å². The lowest BCUT2D eigenvalue weighted by Gasteiger charge is -2.14. The molecule has 15 heavy (non-hydrogen) atoms. The molecule has 0 aliphatic heterocycles. The van der Waals surface area contributed by atoms with E-state index in [4.69, 9.17) is 5.73 Å². The molecule has 1 aromatic heterocycles. The van der Waals surface area contributed by atoms with Crippen LogP contribution in [0.5, 0.6) is 0 Å². The van der Waals surface area contributed by atoms with Gasteiger partial charge in [0.05, 0.1) is 6.33 Å². The van der Waals surface area contributed by atoms with Crippen LogP contribution >= 0.6 is 0 Å². The van der Waals surface area contributed by atoms with Gasteiger partial charge in [0.1, 0.15) is 5.82 Å². The number of hydrogen-bond donors (Lipinski definition) is 3. The van der Waals surface area contributed by atoms with E-state index in [2.05, 4.69) is 29.1 Å². The Kier molecular flexibility index (Phi) is 4.30. The van der Waals surface area contributed by atoms with E-state index in [0.717, 1.165) is 6.42 Å². The Morgan fingerprint density at radius 3 is 2.93 bits per heavy atom. The first-order chi connectivity index (χ1) is 7.08. The van der Waals surface area contributed by atoms with Crippen molar-refractivity contribution < 1.29 is 0 Å². The molecule has 4 N–H and O–H groups in total. The Balaban J connectivity index is 2.40. The molecule has 0 fully saturated rings. The third-order valence-corrected chi connectivity index (χ3v) is 2.00. The summed E-state index contributed by atoms with van der Waals surface area (Å²) in [6, 6.07) is 1.51. The summed E-state index contributed by atoms with van der Waals surface area (Å²) in [5.74, 6) is 1.15. The van der Waals surface area contributed by atoms with Crippen molar-refractivity contribution in [3.05, 3.63) is 22.7 Å². The molecule has 5 nitrogen and oxygen atoms in total. The summed E-state index contributed by atoms with van der Waals surface area (Å²) >= 11 is 0. The second-order valence-corrected chi connectivity index (χ2v) is 4.07. The molecule has 1 rings (SSSR count). The van der Waals surface area contributed by atoms with Crippen molar-refractivity contribution in [1.82, 2.24) is 9.97 Å². The average molecular weight is 210 g/mol. The zero-order valence-corrected chi connectivity index (χ0v) is 9.16. The minimum atomic E-state index is -0.162. The van der Waals surface area contributed by atoms with Crippen LogP contribution in [0, 0.1) is 5.92 Å². The largest absolute Gasteiger partial charge is 0.368 e. The molecule has 0 aliphatic rings. The van der Waals surface area contributed by atoms with Gasteiger partial charge in [-0.25, -0.2) is 4.98 Å². The maximum Gasteiger partial charge on any atom is 0.252 e. The number of anilines is 1. The van der Waals surface area contributed by atoms with Crippen LogP contribution in [0.4, 0.5) is 5.82 Å². The number of rotatable bonds is 5. The SMILES string of the molecule is CC(C)CC(N)CNc1cc(=O)[nH]cn1. The van der Waals surface area contributed by atoms with E-state index in [0.29, 0.717) is 18.3 Å². The van der Waals surface area contributed by atoms with Crippen molar-refractivity contribution in [1.29, 1.82) is 0 Å². The van der Waals surface area contributed by atoms with Gasteiger partial charge in [-0.3, -0.25) is 4.79 Å². The third-order valence-electron chi connectivity index (χ3n) is 2.00. The van der Waals surface area contributed by atoms with Crippen molar-refractivity contribution in [3.63, 3.8) is 0 Å². The Labute approximate surface area is 89.1 Å². The highest BCUT2D eigenvalue weighted by atomic mass is 16.1. The summed E-state index contributed by atoms with van der Waals surface area (Å²) in [4.78, 5) is 17.4. The molecule has 1 unspecified atom stereocenters. The summed E-state index contributed by atoms with van der Waals surface area (Å²) in [6.45, 7) is 4.89. The van der Waals surface area contributed by atoms with Crippen molar-refractivity contribution in [2.24, 2.45) is 11.7 Å². The highest BCUT2D eigenvalue weighted by Crippen LogP contribution is 2.03. The zero-order valence-electron chi connectivity index (χ0n) is 9.16. The van der Waals surface area contributed by atoms with Gasteiger partial charge in [-0.2, -0.15) is 0 Å². The monoisotopic (exact) mass is 210 g/mol. The summed E-state index contributed by atoms with van der Waals surface area (Å²) in [5.41, 5.74) is 5.72. The van der Waals surface area contributed by atoms with Gasteiger partial charge in [-0.15, -0.1) is 0 Å². The summed E-state index contributed by atoms with van der Waals surface area (Å²) < 4.78 is 0. The zero-order chi connectivity index (χ0) is 11.3. The van der Waals surface area contributed by atoms with Crippen LogP contribution in [0.2, 0.25) is 0 Å². The summed E-state index contributed by atoms with van der Waals surface area (Å²) in [7, 11) is 0. The van der Waals surface area contributed by atoms with Crippen LogP contribution in [-0.2, 0) is 0 Å². The minimum Gasteiger partial charge on any atom is -0.368 e. The molecule has 0 aromatic carbocycles. The predicted octanol–water partition coefficient (Wildman–Crippen LogP) is 0.555. The Morgan fingerprint density at radius 2 is 2.33 bits per heavy atom. The van der Waals surface area contributed by atoms with Crippen LogP contribution in [-0.4, -0.2) is 22.6 Å². The highest BCUT2D eigenvalue weighted by molar-refractivity contribution is 5.31. The smallest absolute Gasteiger partial charge is 0.252 e. The van der Waals surface area contributed by atoms with E-state index < -0.39 is 0 Å². The fraction of sp³-hybridized carbons (Fsp3) is 0.600. The van der Waals surface area contributed by atoms with Gasteiger partial charge >= 0.3 is 0 Å². The molecule has 1 aromatic rings. The molecular formula is C10H18N4O. The molecule has 84 valence electrons. The van der Waals surface area contributed by atoms with E-state index in [1.54, 1.807) is 0 Å². The van der Waals surface area contributed by atoms with Crippen molar-refractivity contribution in [2.45, 2.75) is 26.3 Å². The maximum absolute atomic E-state index is 10.9. The lowest BCUT2D eigenvalue weighted by atomic mass is 10.0. The minimum absolute atomic E-state index is 0.0890. The van der Waals surface area contributed by atoms with Gasteiger partial charge in [0, 0.05) is 18.7 Å². The quantitative estimate of drug-likeness (QED) is 0.663. The topological polar surface area (TPSA) is 83.8 Å². The number of aromatic amines is 1. The molecule has 0 saturated heterocycles. The number of H-pyrrole nitrogens is 1. The summed E-state index contributed by atoms with van der Waals surface area (Å²) in [6.07, 6.45) is 2.33. The van der Waals surface area contributed by atoms with Crippen LogP contribution in [0.3, 0.4) is 0 Å². The molecule has 1 heterocycles. The molecule has 1 atom stereocenters. The van der Waals surface area contributed by atoms with Crippen molar-refractivity contribution in [2.75, 3.05) is 11.9 Å². The molecule has 0 spiro atoms. The number of aromatic nitrogens is 2. The van der Waals surface area contributed by atoms with Crippen LogP contribution < -0.4 is 16.6 Å². The Bertz CT molecular complexity index is 347. The first-order valence-electron chi connectivity index (χ1n) is 5.12. The van der Waals surface area contributed by atoms with Gasteiger partial charge in [0.25, 0.3) is 5.56 Å². The molecule has 0 radical (unpaired) electrons. The highest BCUT2D eigenvalue weighted by Gasteiger charge is 2.05. The fourth-order valence-electron chi connectivity index (χ4n) is 1.39. The average Bonchev–Trinajstić information content (AvgIpc) is 2.14. The predicted molar refractivity (Wildman–Crippen MR) is 60.8 cm³/mol. The Hall–Kier alpha value is -1.36. The van der Waals surface area contributed by atoms with E-state index in [1.165, 1.54) is 12.4 Å². The van der Waals surface area contributed by atoms with Gasteiger partial charge in [0.15, 0.2) is 0 Å². The second kappa shape index (κ2) is 5.50. The normalized spacial score (nSPS) is 12.8. The molecule has 0 aliphatic carbocycles. The van der Waals surface area contributed by atoms with Crippen molar-refractivity contribution in [3.8, 4) is 0 Å². The van der Waals surface area contributed by atoms with Crippen LogP contribution in [0.1, 0.15) is 20.3 Å². The van der Waals surface area contributed by atoms with Crippen LogP contribution in [0.25, 0.3) is 0 Å². The fourth-order valence-corrected chi connectivity index (χ4v) is 1.39. The maximum atomic E-state index is 10.9. The van der Waals surface area contributed by atoms with Crippen molar-refractivity contribution >= 4 is 5.82 Å². The Morgan fingerprint density at radius 1 is 1.60 bits per heavy atom. The van der Waals surface area contributed by atoms with Gasteiger partial charge in [-0.05, 0) is 12.3 Å². The van der Waals surface area contributed by atoms with Gasteiger partial charge in [-0.1, -0.05) is 13.8 Å². The lowest BCUT2D eigenvalue weighted by Crippen LogP contribution is -2.30. The third kappa shape index (κ3) is 4.60. The summed E-state index contributed by atoms with van der Waals surface area (Å²) in [5, 5.41) is 3.03. The van der Waals surface area contributed by atoms with Gasteiger partial charge < -0.3 is 16.0 Å². The van der Waals surface area contributed by atoms with E-state index >= 15 is 0 Å². The standard InChI is InChI=1S/C10H18N4O/c1-7(2)3-8(11)5-12-9-4-10(15)14-6-13-9/h4,6-8H,3,5,11H2,1-2H3,(H2,12,13,14,15). The molecule has 0 bridgehead atoms. The molecule has 5 heteroatoms. The number of nitrogens with two attached hydrogens (primary N) is 1. The molecule has 0 amide bonds. The molecule has 0 saturated carbocycles. The number of nitrogens with zero attached hydrogens (tertiary/aromatic N) is 1. The van der Waals surface area contributed by atoms with Crippen LogP contribution in [0.15, 0.2) is 17.2 Å². The second-order valence-electron chi connectivity index (χ2n) is 4.07. The van der Waals surface area contributed by atoms with E-state index in [-0.39, 0.29) is 11.6 Å². The number of hydrogen-bond acceptors (Lipinski definition) is 4. The first kappa shape index (κ1) is 11.7. The van der Waals surface area contributed by atoms with E-state index in [9.17, 15) is 4.79 Å². The first-order valence-corrected chi connectivity index (χ1v) is 5.12. The number of nitrogens with one attached hydrogen (secondary N) is 2. The molecular weight excluding hydrogens is 192 g/mol. The van der Waals surface area contributed by atoms with E-state index in [1.807, 2.05) is 0 Å². The lowest BCUT2D eigenvalue weighted by molar-refractivity contribution is 0.508.